The molecule has 0 amide bonds. The maximum Gasteiger partial charge on any atom is 0.373 e. The molecule has 0 radical (unpaired) electrons. The van der Waals surface area contributed by atoms with Crippen LogP contribution in [0.1, 0.15) is 48.5 Å². The highest BCUT2D eigenvalue weighted by molar-refractivity contribution is 9.11. The van der Waals surface area contributed by atoms with Crippen molar-refractivity contribution in [3.05, 3.63) is 388 Å². The summed E-state index contributed by atoms with van der Waals surface area (Å²) in [6.45, 7) is 23.5. The van der Waals surface area contributed by atoms with E-state index in [1.54, 1.807) is 60.7 Å². The van der Waals surface area contributed by atoms with Crippen LogP contribution in [0.25, 0.3) is 75.5 Å². The predicted octanol–water partition coefficient (Wildman–Crippen LogP) is 25.5. The van der Waals surface area contributed by atoms with E-state index in [-0.39, 0.29) is 39.8 Å². The van der Waals surface area contributed by atoms with Gasteiger partial charge in [0.15, 0.2) is 0 Å². The lowest BCUT2D eigenvalue weighted by atomic mass is 10.1. The number of rotatable bonds is 8. The van der Waals surface area contributed by atoms with Gasteiger partial charge in [-0.05, 0) is 223 Å². The lowest BCUT2D eigenvalue weighted by molar-refractivity contribution is -0.193. The van der Waals surface area contributed by atoms with Crippen molar-refractivity contribution in [2.45, 2.75) is 34.6 Å². The zero-order valence-corrected chi connectivity index (χ0v) is 71.6. The van der Waals surface area contributed by atoms with E-state index in [1.807, 2.05) is 198 Å². The van der Waals surface area contributed by atoms with E-state index in [0.717, 1.165) is 69.0 Å². The number of esters is 1. The van der Waals surface area contributed by atoms with Gasteiger partial charge in [-0.1, -0.05) is 186 Å². The molecule has 13 aromatic carbocycles. The lowest BCUT2D eigenvalue weighted by Gasteiger charge is -2.08. The molecule has 3 N–H and O–H groups in total. The van der Waals surface area contributed by atoms with Crippen LogP contribution in [-0.4, -0.2) is 36.5 Å². The van der Waals surface area contributed by atoms with Gasteiger partial charge in [-0.3, -0.25) is 14.4 Å². The second-order valence-corrected chi connectivity index (χ2v) is 29.7. The fourth-order valence-corrected chi connectivity index (χ4v) is 12.5. The Morgan fingerprint density at radius 2 is 0.723 bits per heavy atom. The number of hydrogen-bond acceptors (Lipinski definition) is 17. The van der Waals surface area contributed by atoms with Crippen molar-refractivity contribution in [2.75, 3.05) is 12.8 Å². The minimum Gasteiger partial charge on any atom is -0.478 e. The van der Waals surface area contributed by atoms with Gasteiger partial charge in [0.1, 0.15) is 73.8 Å². The quantitative estimate of drug-likeness (QED) is 0.0618. The van der Waals surface area contributed by atoms with E-state index >= 15 is 0 Å². The molecule has 0 fully saturated rings. The highest BCUT2D eigenvalue weighted by atomic mass is 79.9. The molecule has 0 spiro atoms. The monoisotopic (exact) mass is 1910 g/mol. The Balaban J connectivity index is 0.000000172. The van der Waals surface area contributed by atoms with E-state index < -0.39 is 17.8 Å². The Kier molecular flexibility index (Phi) is 34.1. The minimum atomic E-state index is -1.05. The third-order valence-corrected chi connectivity index (χ3v) is 18.9. The van der Waals surface area contributed by atoms with Gasteiger partial charge in [0.2, 0.25) is 27.7 Å². The Morgan fingerprint density at radius 3 is 1.13 bits per heavy atom. The number of aromatic carboxylic acids is 1. The first-order chi connectivity index (χ1) is 57.0. The SMILES string of the molecule is COC(=O)c1ccc2c(=O)c3cc(C)ccc3oc2c1.Cc1ccc(Oc2cccc(Br)c2)cc1.Cc1ccc2oc3cc(Br)ccc3c(=O)c2c1.Cc1ccc2oc3cc(C(=O)O)ccc3c(=O)c2c1.Nc1ccc(Oc2cccc(Br)c2)cc1.O=C=O.O=C=O.[C-]#[N+]c1ccc(Br)cc1F.[C-]#[N+]c1ccc(Br)cc1Oc1ccc(C)cc1. The summed E-state index contributed by atoms with van der Waals surface area (Å²) in [5.41, 5.74) is 15.5. The molecule has 26 heteroatoms. The van der Waals surface area contributed by atoms with Gasteiger partial charge in [-0.15, -0.1) is 0 Å². The summed E-state index contributed by atoms with van der Waals surface area (Å²) in [6.07, 6.45) is 0.500. The lowest BCUT2D eigenvalue weighted by Crippen LogP contribution is -2.05. The van der Waals surface area contributed by atoms with Crippen LogP contribution in [0.5, 0.6) is 34.5 Å². The molecule has 16 rings (SSSR count). The predicted molar refractivity (Wildman–Crippen MR) is 473 cm³/mol. The van der Waals surface area contributed by atoms with Crippen molar-refractivity contribution in [2.24, 2.45) is 0 Å². The van der Waals surface area contributed by atoms with Crippen molar-refractivity contribution in [3.63, 3.8) is 0 Å². The van der Waals surface area contributed by atoms with Gasteiger partial charge in [0.25, 0.3) is 0 Å². The summed E-state index contributed by atoms with van der Waals surface area (Å²) in [5.74, 6) is 2.59. The van der Waals surface area contributed by atoms with Crippen molar-refractivity contribution < 1.29 is 70.5 Å². The summed E-state index contributed by atoms with van der Waals surface area (Å²) in [4.78, 5) is 98.3. The van der Waals surface area contributed by atoms with E-state index in [1.165, 1.54) is 54.6 Å². The van der Waals surface area contributed by atoms with Crippen LogP contribution in [0.4, 0.5) is 21.5 Å². The largest absolute Gasteiger partial charge is 0.478 e. The first-order valence-corrected chi connectivity index (χ1v) is 38.9. The molecule has 0 saturated carbocycles. The maximum absolute atomic E-state index is 12.6. The van der Waals surface area contributed by atoms with Crippen molar-refractivity contribution in [3.8, 4) is 34.5 Å². The average Bonchev–Trinajstić information content (AvgIpc) is 0.779. The minimum absolute atomic E-state index is 0.0254. The molecule has 0 unspecified atom stereocenters. The molecule has 0 aliphatic rings. The fourth-order valence-electron chi connectivity index (χ4n) is 10.7. The number of carbonyl (C=O) groups is 2. The number of carboxylic acids is 1. The van der Waals surface area contributed by atoms with E-state index in [2.05, 4.69) is 101 Å². The van der Waals surface area contributed by atoms with Crippen molar-refractivity contribution in [1.82, 2.24) is 0 Å². The first kappa shape index (κ1) is 91.0. The highest BCUT2D eigenvalue weighted by Gasteiger charge is 2.15. The number of nitrogens with zero attached hydrogens (tertiary/aromatic N) is 2. The standard InChI is InChI=1S/C16H12O4.C15H10O4.C14H10BrNO.C14H9BrO2.C13H11BrO.C12H10BrNO.C7H3BrFN.2CO2/c1-9-3-6-13-12(7-9)15(17)11-5-4-10(16(18)19-2)8-14(11)20-13;1-8-2-5-12-11(6-8)14(16)10-4-3-9(15(17)18)7-13(10)19-12;1-10-3-6-12(7-4-10)17-14-9-11(15)5-8-13(14)16-2;1-8-2-5-12-11(6-8)14(16)10-4-3-9(15)7-13(10)17-12;1-10-5-7-12(8-6-10)15-13-4-2-3-11(14)9-13;13-9-2-1-3-12(8-9)15-11-6-4-10(14)5-7-11;1-10-7-3-2-5(8)4-6(7)9;2*2-1-3/h3-8H,1-2H3;2-7H,1H3,(H,17,18);3-9H,1H3;2-7H,1H3;2-9H,1H3;1-8H,14H2;2-4H;;. The van der Waals surface area contributed by atoms with Crippen LogP contribution in [0.15, 0.2) is 317 Å². The Labute approximate surface area is 721 Å². The number of fused-ring (bicyclic) bond motifs is 6. The number of nitrogens with two attached hydrogens (primary N) is 1. The third-order valence-electron chi connectivity index (χ3n) is 16.4. The van der Waals surface area contributed by atoms with Gasteiger partial charge in [-0.2, -0.15) is 19.2 Å². The molecular weight excluding hydrogens is 1850 g/mol. The molecule has 0 aliphatic heterocycles. The van der Waals surface area contributed by atoms with Crippen LogP contribution >= 0.6 is 79.6 Å². The third kappa shape index (κ3) is 26.8. The van der Waals surface area contributed by atoms with Crippen molar-refractivity contribution in [1.29, 1.82) is 0 Å². The second-order valence-electron chi connectivity index (χ2n) is 25.2. The van der Waals surface area contributed by atoms with Crippen molar-refractivity contribution >= 4 is 187 Å². The molecular formula is C93H65Br5FN3O17. The number of benzene rings is 13. The van der Waals surface area contributed by atoms with Gasteiger partial charge in [-0.25, -0.2) is 23.7 Å². The molecule has 16 aromatic rings. The van der Waals surface area contributed by atoms with E-state index in [4.69, 9.17) is 70.6 Å². The summed E-state index contributed by atoms with van der Waals surface area (Å²) < 4.78 is 55.8. The van der Waals surface area contributed by atoms with Gasteiger partial charge >= 0.3 is 24.2 Å². The van der Waals surface area contributed by atoms with Crippen LogP contribution in [0, 0.1) is 53.6 Å². The molecule has 3 heterocycles. The number of aryl methyl sites for hydroxylation is 5. The maximum atomic E-state index is 12.6. The number of hydrogen-bond donors (Lipinski definition) is 2. The van der Waals surface area contributed by atoms with E-state index in [9.17, 15) is 28.4 Å². The number of ether oxygens (including phenoxy) is 4. The van der Waals surface area contributed by atoms with Gasteiger partial charge in [0.05, 0.1) is 63.7 Å². The molecule has 0 aliphatic carbocycles. The van der Waals surface area contributed by atoms with Crippen LogP contribution in [-0.2, 0) is 23.9 Å². The summed E-state index contributed by atoms with van der Waals surface area (Å²) in [7, 11) is 1.31. The molecule has 0 saturated heterocycles. The number of anilines is 1. The molecule has 596 valence electrons. The highest BCUT2D eigenvalue weighted by Crippen LogP contribution is 2.35. The number of carbonyl (C=O) groups excluding carboxylic acids is 5. The topological polar surface area (TPSA) is 285 Å². The zero-order valence-electron chi connectivity index (χ0n) is 63.6. The number of methoxy groups -OCH3 is 1. The molecule has 0 atom stereocenters. The molecule has 20 nitrogen and oxygen atoms in total. The van der Waals surface area contributed by atoms with Gasteiger partial charge < -0.3 is 43.0 Å². The first-order valence-electron chi connectivity index (χ1n) is 35.0. The smallest absolute Gasteiger partial charge is 0.373 e. The zero-order chi connectivity index (χ0) is 86.4. The Hall–Kier alpha value is -13.5. The summed E-state index contributed by atoms with van der Waals surface area (Å²) in [6, 6.07) is 79.1. The second kappa shape index (κ2) is 44.5. The molecule has 0 bridgehead atoms. The number of nitrogen functional groups attached to an aromatic ring is 1. The van der Waals surface area contributed by atoms with E-state index in [0.29, 0.717) is 87.3 Å². The Morgan fingerprint density at radius 1 is 0.378 bits per heavy atom. The number of carboxylic acid groups (broad SMARTS) is 1. The van der Waals surface area contributed by atoms with Gasteiger partial charge in [0, 0.05) is 28.1 Å². The molecule has 3 aromatic heterocycles. The van der Waals surface area contributed by atoms with Crippen LogP contribution in [0.2, 0.25) is 0 Å². The normalized spacial score (nSPS) is 9.97. The molecule has 119 heavy (non-hydrogen) atoms. The van der Waals surface area contributed by atoms with Crippen LogP contribution < -0.4 is 36.2 Å². The summed E-state index contributed by atoms with van der Waals surface area (Å²) in [5, 5.41) is 12.1. The fraction of sp³-hybridized carbons (Fsp3) is 0.0645. The summed E-state index contributed by atoms with van der Waals surface area (Å²) >= 11 is 16.6. The van der Waals surface area contributed by atoms with Crippen LogP contribution in [0.3, 0.4) is 0 Å². The Bertz CT molecular complexity index is 6610. The number of halogens is 6. The average molecular weight is 1920 g/mol.